The van der Waals surface area contributed by atoms with Crippen LogP contribution in [0.5, 0.6) is 5.75 Å². The number of aliphatic imine (C=N–C) groups is 1. The van der Waals surface area contributed by atoms with Gasteiger partial charge in [0.15, 0.2) is 5.96 Å². The van der Waals surface area contributed by atoms with E-state index in [2.05, 4.69) is 17.1 Å². The lowest BCUT2D eigenvalue weighted by Crippen LogP contribution is -2.23. The SMILES string of the molecule is CCOC(=O)CC1CCCc2cc(OCCN=C(N)N)ccc2C1. The number of hydrogen-bond acceptors (Lipinski definition) is 4. The fourth-order valence-corrected chi connectivity index (χ4v) is 3.09. The highest BCUT2D eigenvalue weighted by Gasteiger charge is 2.20. The molecule has 0 heterocycles. The summed E-state index contributed by atoms with van der Waals surface area (Å²) < 4.78 is 10.8. The molecule has 0 spiro atoms. The maximum absolute atomic E-state index is 11.7. The van der Waals surface area contributed by atoms with Crippen LogP contribution in [0.1, 0.15) is 37.3 Å². The Hall–Kier alpha value is -2.24. The summed E-state index contributed by atoms with van der Waals surface area (Å²) in [7, 11) is 0. The van der Waals surface area contributed by atoms with Gasteiger partial charge in [-0.25, -0.2) is 0 Å². The number of carbonyl (C=O) groups excluding carboxylic acids is 1. The molecule has 1 unspecified atom stereocenters. The number of fused-ring (bicyclic) bond motifs is 1. The molecule has 0 radical (unpaired) electrons. The third kappa shape index (κ3) is 5.76. The first-order valence-electron chi connectivity index (χ1n) is 8.54. The molecular weight excluding hydrogens is 306 g/mol. The Kier molecular flexibility index (Phi) is 6.90. The highest BCUT2D eigenvalue weighted by molar-refractivity contribution is 5.75. The van der Waals surface area contributed by atoms with Crippen molar-refractivity contribution < 1.29 is 14.3 Å². The van der Waals surface area contributed by atoms with Crippen molar-refractivity contribution in [3.05, 3.63) is 29.3 Å². The number of aryl methyl sites for hydroxylation is 1. The number of guanidine groups is 1. The predicted molar refractivity (Wildman–Crippen MR) is 94.0 cm³/mol. The largest absolute Gasteiger partial charge is 0.492 e. The first-order chi connectivity index (χ1) is 11.6. The summed E-state index contributed by atoms with van der Waals surface area (Å²) in [5.74, 6) is 1.18. The molecule has 2 rings (SSSR count). The molecule has 0 aliphatic heterocycles. The van der Waals surface area contributed by atoms with Crippen LogP contribution < -0.4 is 16.2 Å². The van der Waals surface area contributed by atoms with Gasteiger partial charge in [0, 0.05) is 6.42 Å². The molecule has 1 aliphatic rings. The molecule has 6 nitrogen and oxygen atoms in total. The first-order valence-corrected chi connectivity index (χ1v) is 8.54. The minimum absolute atomic E-state index is 0.0770. The fraction of sp³-hybridized carbons (Fsp3) is 0.556. The van der Waals surface area contributed by atoms with Crippen molar-refractivity contribution in [2.24, 2.45) is 22.4 Å². The van der Waals surface area contributed by atoms with E-state index in [0.29, 0.717) is 32.1 Å². The van der Waals surface area contributed by atoms with E-state index in [-0.39, 0.29) is 11.9 Å². The van der Waals surface area contributed by atoms with Crippen LogP contribution in [0.3, 0.4) is 0 Å². The van der Waals surface area contributed by atoms with E-state index in [1.54, 1.807) is 0 Å². The number of hydrogen-bond donors (Lipinski definition) is 2. The molecule has 0 fully saturated rings. The van der Waals surface area contributed by atoms with Crippen LogP contribution in [-0.2, 0) is 22.4 Å². The maximum Gasteiger partial charge on any atom is 0.306 e. The normalized spacial score (nSPS) is 16.6. The Balaban J connectivity index is 1.94. The highest BCUT2D eigenvalue weighted by atomic mass is 16.5. The summed E-state index contributed by atoms with van der Waals surface area (Å²) >= 11 is 0. The Morgan fingerprint density at radius 1 is 1.33 bits per heavy atom. The van der Waals surface area contributed by atoms with Gasteiger partial charge in [-0.15, -0.1) is 0 Å². The summed E-state index contributed by atoms with van der Waals surface area (Å²) in [5.41, 5.74) is 13.2. The number of nitrogens with zero attached hydrogens (tertiary/aromatic N) is 1. The molecule has 0 saturated carbocycles. The van der Waals surface area contributed by atoms with Crippen LogP contribution in [0.15, 0.2) is 23.2 Å². The van der Waals surface area contributed by atoms with E-state index < -0.39 is 0 Å². The average Bonchev–Trinajstić information content (AvgIpc) is 2.72. The summed E-state index contributed by atoms with van der Waals surface area (Å²) in [5, 5.41) is 0. The molecular formula is C18H27N3O3. The van der Waals surface area contributed by atoms with Gasteiger partial charge >= 0.3 is 5.97 Å². The molecule has 1 aromatic rings. The lowest BCUT2D eigenvalue weighted by molar-refractivity contribution is -0.144. The van der Waals surface area contributed by atoms with E-state index in [4.69, 9.17) is 20.9 Å². The van der Waals surface area contributed by atoms with Crippen LogP contribution in [-0.4, -0.2) is 31.7 Å². The molecule has 0 amide bonds. The average molecular weight is 333 g/mol. The van der Waals surface area contributed by atoms with Crippen molar-refractivity contribution in [3.8, 4) is 5.75 Å². The van der Waals surface area contributed by atoms with E-state index in [1.807, 2.05) is 13.0 Å². The monoisotopic (exact) mass is 333 g/mol. The third-order valence-corrected chi connectivity index (χ3v) is 4.16. The second-order valence-corrected chi connectivity index (χ2v) is 6.06. The number of ether oxygens (including phenoxy) is 2. The van der Waals surface area contributed by atoms with Crippen molar-refractivity contribution in [1.82, 2.24) is 0 Å². The zero-order chi connectivity index (χ0) is 17.4. The van der Waals surface area contributed by atoms with Crippen molar-refractivity contribution in [1.29, 1.82) is 0 Å². The van der Waals surface area contributed by atoms with Crippen LogP contribution >= 0.6 is 0 Å². The van der Waals surface area contributed by atoms with Gasteiger partial charge in [0.2, 0.25) is 0 Å². The topological polar surface area (TPSA) is 99.9 Å². The molecule has 1 atom stereocenters. The molecule has 6 heteroatoms. The molecule has 0 aromatic heterocycles. The first kappa shape index (κ1) is 18.1. The van der Waals surface area contributed by atoms with Gasteiger partial charge in [-0.05, 0) is 61.8 Å². The van der Waals surface area contributed by atoms with Gasteiger partial charge in [-0.3, -0.25) is 9.79 Å². The summed E-state index contributed by atoms with van der Waals surface area (Å²) in [6.45, 7) is 3.18. The fourth-order valence-electron chi connectivity index (χ4n) is 3.09. The van der Waals surface area contributed by atoms with Gasteiger partial charge in [0.25, 0.3) is 0 Å². The van der Waals surface area contributed by atoms with E-state index in [0.717, 1.165) is 31.4 Å². The Morgan fingerprint density at radius 3 is 2.92 bits per heavy atom. The molecule has 132 valence electrons. The van der Waals surface area contributed by atoms with E-state index in [1.165, 1.54) is 11.1 Å². The van der Waals surface area contributed by atoms with Crippen LogP contribution in [0.25, 0.3) is 0 Å². The van der Waals surface area contributed by atoms with Crippen molar-refractivity contribution in [2.75, 3.05) is 19.8 Å². The number of esters is 1. The number of rotatable bonds is 7. The molecule has 0 saturated heterocycles. The van der Waals surface area contributed by atoms with Crippen LogP contribution in [0.2, 0.25) is 0 Å². The van der Waals surface area contributed by atoms with Gasteiger partial charge in [0.05, 0.1) is 13.2 Å². The minimum atomic E-state index is -0.0920. The Morgan fingerprint density at radius 2 is 2.17 bits per heavy atom. The summed E-state index contributed by atoms with van der Waals surface area (Å²) in [6.07, 6.45) is 4.56. The second kappa shape index (κ2) is 9.15. The van der Waals surface area contributed by atoms with Crippen molar-refractivity contribution >= 4 is 11.9 Å². The van der Waals surface area contributed by atoms with Crippen LogP contribution in [0, 0.1) is 5.92 Å². The third-order valence-electron chi connectivity index (χ3n) is 4.16. The van der Waals surface area contributed by atoms with E-state index in [9.17, 15) is 4.79 Å². The predicted octanol–water partition coefficient (Wildman–Crippen LogP) is 1.79. The van der Waals surface area contributed by atoms with Crippen LogP contribution in [0.4, 0.5) is 0 Å². The molecule has 0 bridgehead atoms. The molecule has 1 aliphatic carbocycles. The molecule has 1 aromatic carbocycles. The van der Waals surface area contributed by atoms with Gasteiger partial charge in [-0.1, -0.05) is 6.07 Å². The van der Waals surface area contributed by atoms with Crippen molar-refractivity contribution in [3.63, 3.8) is 0 Å². The Labute approximate surface area is 143 Å². The number of nitrogens with two attached hydrogens (primary N) is 2. The second-order valence-electron chi connectivity index (χ2n) is 6.06. The minimum Gasteiger partial charge on any atom is -0.492 e. The highest BCUT2D eigenvalue weighted by Crippen LogP contribution is 2.29. The smallest absolute Gasteiger partial charge is 0.306 e. The maximum atomic E-state index is 11.7. The van der Waals surface area contributed by atoms with Crippen molar-refractivity contribution in [2.45, 2.75) is 39.0 Å². The summed E-state index contributed by atoms with van der Waals surface area (Å²) in [4.78, 5) is 15.6. The van der Waals surface area contributed by atoms with Gasteiger partial charge in [-0.2, -0.15) is 0 Å². The lowest BCUT2D eigenvalue weighted by atomic mass is 9.94. The summed E-state index contributed by atoms with van der Waals surface area (Å²) in [6, 6.07) is 6.17. The zero-order valence-electron chi connectivity index (χ0n) is 14.3. The number of carbonyl (C=O) groups is 1. The molecule has 24 heavy (non-hydrogen) atoms. The van der Waals surface area contributed by atoms with E-state index >= 15 is 0 Å². The quantitative estimate of drug-likeness (QED) is 0.260. The zero-order valence-corrected chi connectivity index (χ0v) is 14.3. The van der Waals surface area contributed by atoms with Gasteiger partial charge in [0.1, 0.15) is 12.4 Å². The molecule has 4 N–H and O–H groups in total. The Bertz CT molecular complexity index is 583. The van der Waals surface area contributed by atoms with Gasteiger partial charge < -0.3 is 20.9 Å². The standard InChI is InChI=1S/C18H27N3O3/c1-2-23-17(22)11-13-4-3-5-14-12-16(7-6-15(14)10-13)24-9-8-21-18(19)20/h6-7,12-13H,2-5,8-11H2,1H3,(H4,19,20,21). The number of benzene rings is 1. The lowest BCUT2D eigenvalue weighted by Gasteiger charge is -2.14.